The molecule has 0 saturated heterocycles. The second-order valence-corrected chi connectivity index (χ2v) is 6.25. The van der Waals surface area contributed by atoms with Gasteiger partial charge >= 0.3 is 0 Å². The number of ketones is 1. The van der Waals surface area contributed by atoms with Gasteiger partial charge in [0.2, 0.25) is 0 Å². The third-order valence-corrected chi connectivity index (χ3v) is 4.24. The first-order valence-electron chi connectivity index (χ1n) is 8.98. The first-order chi connectivity index (χ1) is 13.9. The summed E-state index contributed by atoms with van der Waals surface area (Å²) in [4.78, 5) is 12.9. The van der Waals surface area contributed by atoms with Crippen molar-refractivity contribution in [2.45, 2.75) is 6.92 Å². The largest absolute Gasteiger partial charge is 0.497 e. The second kappa shape index (κ2) is 10.2. The average molecular weight is 394 g/mol. The number of benzene rings is 2. The van der Waals surface area contributed by atoms with E-state index in [0.29, 0.717) is 34.1 Å². The van der Waals surface area contributed by atoms with Crippen LogP contribution in [0.3, 0.4) is 0 Å². The predicted molar refractivity (Wildman–Crippen MR) is 116 cm³/mol. The van der Waals surface area contributed by atoms with Crippen molar-refractivity contribution in [2.24, 2.45) is 0 Å². The normalized spacial score (nSPS) is 10.9. The van der Waals surface area contributed by atoms with Crippen molar-refractivity contribution in [3.05, 3.63) is 71.3 Å². The fourth-order valence-corrected chi connectivity index (χ4v) is 2.77. The summed E-state index contributed by atoms with van der Waals surface area (Å²) in [6.07, 6.45) is 6.86. The van der Waals surface area contributed by atoms with Gasteiger partial charge in [0.15, 0.2) is 5.78 Å². The third-order valence-electron chi connectivity index (χ3n) is 4.24. The van der Waals surface area contributed by atoms with Gasteiger partial charge in [-0.15, -0.1) is 0 Å². The van der Waals surface area contributed by atoms with E-state index >= 15 is 0 Å². The summed E-state index contributed by atoms with van der Waals surface area (Å²) in [5.41, 5.74) is 2.74. The first-order valence-corrected chi connectivity index (χ1v) is 8.98. The van der Waals surface area contributed by atoms with E-state index in [0.717, 1.165) is 11.1 Å². The summed E-state index contributed by atoms with van der Waals surface area (Å²) in [5.74, 6) is 2.14. The molecular weight excluding hydrogens is 368 g/mol. The van der Waals surface area contributed by atoms with Crippen LogP contribution in [0.15, 0.2) is 54.6 Å². The highest BCUT2D eigenvalue weighted by Crippen LogP contribution is 2.34. The van der Waals surface area contributed by atoms with Gasteiger partial charge in [-0.2, -0.15) is 0 Å². The molecule has 0 aliphatic carbocycles. The number of hydrogen-bond acceptors (Lipinski definition) is 5. The van der Waals surface area contributed by atoms with Gasteiger partial charge in [0.05, 0.1) is 39.6 Å². The molecule has 0 saturated carbocycles. The topological polar surface area (TPSA) is 54.0 Å². The Morgan fingerprint density at radius 1 is 0.862 bits per heavy atom. The number of hydrogen-bond donors (Lipinski definition) is 0. The summed E-state index contributed by atoms with van der Waals surface area (Å²) < 4.78 is 21.5. The molecule has 2 rings (SSSR count). The minimum Gasteiger partial charge on any atom is -0.497 e. The van der Waals surface area contributed by atoms with Crippen molar-refractivity contribution in [3.8, 4) is 23.0 Å². The highest BCUT2D eigenvalue weighted by atomic mass is 16.5. The molecule has 0 atom stereocenters. The van der Waals surface area contributed by atoms with Gasteiger partial charge in [-0.25, -0.2) is 0 Å². The van der Waals surface area contributed by atoms with Gasteiger partial charge in [0, 0.05) is 11.6 Å². The van der Waals surface area contributed by atoms with Crippen molar-refractivity contribution >= 4 is 17.9 Å². The zero-order chi connectivity index (χ0) is 21.4. The Labute approximate surface area is 171 Å². The molecular formula is C24H26O5. The number of allylic oxidation sites excluding steroid dienone is 3. The van der Waals surface area contributed by atoms with E-state index in [9.17, 15) is 4.79 Å². The molecule has 2 aromatic rings. The van der Waals surface area contributed by atoms with E-state index < -0.39 is 0 Å². The number of methoxy groups -OCH3 is 4. The van der Waals surface area contributed by atoms with Crippen molar-refractivity contribution in [1.82, 2.24) is 0 Å². The summed E-state index contributed by atoms with van der Waals surface area (Å²) >= 11 is 0. The molecule has 29 heavy (non-hydrogen) atoms. The zero-order valence-corrected chi connectivity index (χ0v) is 17.4. The van der Waals surface area contributed by atoms with E-state index in [-0.39, 0.29) is 5.78 Å². The molecule has 2 aromatic carbocycles. The Hall–Kier alpha value is -3.47. The molecule has 0 unspecified atom stereocenters. The minimum absolute atomic E-state index is 0.202. The van der Waals surface area contributed by atoms with Crippen LogP contribution in [-0.4, -0.2) is 34.2 Å². The third kappa shape index (κ3) is 5.29. The molecule has 0 aliphatic heterocycles. The lowest BCUT2D eigenvalue weighted by molar-refractivity contribution is 0.104. The van der Waals surface area contributed by atoms with Crippen LogP contribution in [0, 0.1) is 0 Å². The molecule has 0 bridgehead atoms. The molecule has 152 valence electrons. The van der Waals surface area contributed by atoms with Crippen LogP contribution in [0.2, 0.25) is 0 Å². The van der Waals surface area contributed by atoms with Crippen LogP contribution in [0.4, 0.5) is 0 Å². The Bertz CT molecular complexity index is 954. The standard InChI is InChI=1S/C24H26O5/c1-16(2)7-11-20-22(27-4)14-12-19(24(20)29-6)21(25)13-9-17-8-10-18(26-3)15-23(17)28-5/h7-15H,1H2,2-6H3/b11-7+,13-9+. The maximum Gasteiger partial charge on any atom is 0.189 e. The fraction of sp³-hybridized carbons (Fsp3) is 0.208. The van der Waals surface area contributed by atoms with Crippen molar-refractivity contribution < 1.29 is 23.7 Å². The van der Waals surface area contributed by atoms with Gasteiger partial charge in [-0.05, 0) is 49.4 Å². The van der Waals surface area contributed by atoms with Gasteiger partial charge in [0.25, 0.3) is 0 Å². The van der Waals surface area contributed by atoms with Gasteiger partial charge in [-0.1, -0.05) is 18.2 Å². The molecule has 0 N–H and O–H groups in total. The molecule has 0 radical (unpaired) electrons. The first kappa shape index (κ1) is 21.8. The minimum atomic E-state index is -0.202. The SMILES string of the molecule is C=C(C)/C=C/c1c(OC)ccc(C(=O)/C=C/c2ccc(OC)cc2OC)c1OC. The van der Waals surface area contributed by atoms with Crippen LogP contribution >= 0.6 is 0 Å². The lowest BCUT2D eigenvalue weighted by atomic mass is 10.0. The highest BCUT2D eigenvalue weighted by molar-refractivity contribution is 6.09. The lowest BCUT2D eigenvalue weighted by Gasteiger charge is -2.13. The Kier molecular flexibility index (Phi) is 7.66. The van der Waals surface area contributed by atoms with Crippen molar-refractivity contribution in [1.29, 1.82) is 0 Å². The highest BCUT2D eigenvalue weighted by Gasteiger charge is 2.17. The molecule has 5 nitrogen and oxygen atoms in total. The van der Waals surface area contributed by atoms with Gasteiger partial charge in [0.1, 0.15) is 23.0 Å². The smallest absolute Gasteiger partial charge is 0.189 e. The van der Waals surface area contributed by atoms with E-state index in [1.807, 2.05) is 25.1 Å². The average Bonchev–Trinajstić information content (AvgIpc) is 2.74. The number of carbonyl (C=O) groups is 1. The van der Waals surface area contributed by atoms with Crippen LogP contribution in [0.5, 0.6) is 23.0 Å². The number of carbonyl (C=O) groups excluding carboxylic acids is 1. The van der Waals surface area contributed by atoms with E-state index in [2.05, 4.69) is 6.58 Å². The molecule has 0 fully saturated rings. The number of ether oxygens (including phenoxy) is 4. The van der Waals surface area contributed by atoms with Gasteiger partial charge < -0.3 is 18.9 Å². The predicted octanol–water partition coefficient (Wildman–Crippen LogP) is 5.21. The van der Waals surface area contributed by atoms with E-state index in [1.165, 1.54) is 13.2 Å². The maximum atomic E-state index is 12.9. The van der Waals surface area contributed by atoms with Crippen molar-refractivity contribution in [3.63, 3.8) is 0 Å². The Morgan fingerprint density at radius 2 is 1.59 bits per heavy atom. The second-order valence-electron chi connectivity index (χ2n) is 6.25. The summed E-state index contributed by atoms with van der Waals surface area (Å²) in [6, 6.07) is 8.83. The van der Waals surface area contributed by atoms with E-state index in [1.54, 1.807) is 51.7 Å². The van der Waals surface area contributed by atoms with Crippen LogP contribution in [0.25, 0.3) is 12.2 Å². The molecule has 0 spiro atoms. The van der Waals surface area contributed by atoms with Crippen LogP contribution in [0.1, 0.15) is 28.4 Å². The van der Waals surface area contributed by atoms with E-state index in [4.69, 9.17) is 18.9 Å². The molecule has 0 aliphatic rings. The Morgan fingerprint density at radius 3 is 2.17 bits per heavy atom. The van der Waals surface area contributed by atoms with Crippen LogP contribution in [-0.2, 0) is 0 Å². The number of rotatable bonds is 9. The van der Waals surface area contributed by atoms with Crippen LogP contribution < -0.4 is 18.9 Å². The van der Waals surface area contributed by atoms with Gasteiger partial charge in [-0.3, -0.25) is 4.79 Å². The molecule has 0 heterocycles. The maximum absolute atomic E-state index is 12.9. The monoisotopic (exact) mass is 394 g/mol. The molecule has 5 heteroatoms. The lowest BCUT2D eigenvalue weighted by Crippen LogP contribution is -2.02. The summed E-state index contributed by atoms with van der Waals surface area (Å²) in [7, 11) is 6.26. The molecule has 0 amide bonds. The summed E-state index contributed by atoms with van der Waals surface area (Å²) in [5, 5.41) is 0. The quantitative estimate of drug-likeness (QED) is 0.332. The summed E-state index contributed by atoms with van der Waals surface area (Å²) in [6.45, 7) is 5.75. The molecule has 0 aromatic heterocycles. The van der Waals surface area contributed by atoms with Crippen molar-refractivity contribution in [2.75, 3.05) is 28.4 Å². The Balaban J connectivity index is 2.44. The zero-order valence-electron chi connectivity index (χ0n) is 17.4. The fourth-order valence-electron chi connectivity index (χ4n) is 2.77.